The monoisotopic (exact) mass is 407 g/mol. The molecular formula is C22H19F2N5O. The number of hydrogen-bond acceptors (Lipinski definition) is 5. The molecule has 2 N–H and O–H groups in total. The van der Waals surface area contributed by atoms with Crippen molar-refractivity contribution in [3.63, 3.8) is 0 Å². The zero-order valence-corrected chi connectivity index (χ0v) is 16.7. The number of nitrogens with two attached hydrogens (primary N) is 1. The van der Waals surface area contributed by atoms with Crippen LogP contribution < -0.4 is 5.73 Å². The van der Waals surface area contributed by atoms with Crippen molar-refractivity contribution in [2.24, 2.45) is 0 Å². The molecule has 0 radical (unpaired) electrons. The number of carbonyl (C=O) groups excluding carboxylic acids is 1. The van der Waals surface area contributed by atoms with Gasteiger partial charge < -0.3 is 10.6 Å². The van der Waals surface area contributed by atoms with Crippen LogP contribution in [0.4, 0.5) is 14.6 Å². The van der Waals surface area contributed by atoms with Crippen LogP contribution in [0.2, 0.25) is 0 Å². The van der Waals surface area contributed by atoms with Crippen LogP contribution in [-0.2, 0) is 6.42 Å². The van der Waals surface area contributed by atoms with Gasteiger partial charge in [0.1, 0.15) is 29.3 Å². The van der Waals surface area contributed by atoms with Crippen LogP contribution in [0.25, 0.3) is 11.3 Å². The van der Waals surface area contributed by atoms with Crippen molar-refractivity contribution in [2.45, 2.75) is 13.3 Å². The molecule has 0 bridgehead atoms. The number of rotatable bonds is 3. The van der Waals surface area contributed by atoms with E-state index in [1.54, 1.807) is 12.1 Å². The minimum Gasteiger partial charge on any atom is -0.384 e. The van der Waals surface area contributed by atoms with Crippen molar-refractivity contribution in [3.8, 4) is 23.1 Å². The first-order valence-electron chi connectivity index (χ1n) is 9.10. The summed E-state index contributed by atoms with van der Waals surface area (Å²) in [6.07, 6.45) is 3.39. The molecule has 0 aliphatic carbocycles. The lowest BCUT2D eigenvalue weighted by Gasteiger charge is -2.13. The summed E-state index contributed by atoms with van der Waals surface area (Å²) in [5.74, 6) is 3.61. The van der Waals surface area contributed by atoms with E-state index in [1.807, 2.05) is 6.92 Å². The van der Waals surface area contributed by atoms with Crippen molar-refractivity contribution in [3.05, 3.63) is 70.8 Å². The fourth-order valence-corrected chi connectivity index (χ4v) is 2.79. The van der Waals surface area contributed by atoms with Crippen molar-refractivity contribution < 1.29 is 13.6 Å². The Morgan fingerprint density at radius 2 is 1.80 bits per heavy atom. The predicted molar refractivity (Wildman–Crippen MR) is 109 cm³/mol. The molecule has 30 heavy (non-hydrogen) atoms. The maximum atomic E-state index is 14.6. The van der Waals surface area contributed by atoms with Gasteiger partial charge in [-0.15, -0.1) is 0 Å². The largest absolute Gasteiger partial charge is 0.384 e. The Kier molecular flexibility index (Phi) is 6.02. The first kappa shape index (κ1) is 20.9. The van der Waals surface area contributed by atoms with Gasteiger partial charge in [0.05, 0.1) is 17.0 Å². The molecule has 2 heterocycles. The van der Waals surface area contributed by atoms with E-state index in [1.165, 1.54) is 26.6 Å². The van der Waals surface area contributed by atoms with Gasteiger partial charge in [-0.05, 0) is 30.7 Å². The Balaban J connectivity index is 2.14. The van der Waals surface area contributed by atoms with Gasteiger partial charge in [0.15, 0.2) is 0 Å². The van der Waals surface area contributed by atoms with Gasteiger partial charge in [-0.2, -0.15) is 0 Å². The lowest BCUT2D eigenvalue weighted by atomic mass is 10.0. The van der Waals surface area contributed by atoms with Crippen LogP contribution in [-0.4, -0.2) is 39.9 Å². The number of nitrogen functional groups attached to an aromatic ring is 1. The standard InChI is InChI=1S/C22H19F2N5O/c1-4-18-15(7-5-13-6-8-19(25)26-11-13)21(28-12-27-18)14-9-16(23)20(17(24)10-14)22(30)29(2)3/h6,8-12H,4H2,1-3H3,(H2,25,26). The third kappa shape index (κ3) is 4.25. The molecule has 0 aliphatic heterocycles. The molecule has 0 fully saturated rings. The van der Waals surface area contributed by atoms with Gasteiger partial charge in [0, 0.05) is 31.4 Å². The normalized spacial score (nSPS) is 10.3. The Bertz CT molecular complexity index is 1140. The number of halogens is 2. The number of nitrogens with zero attached hydrogens (tertiary/aromatic N) is 4. The number of aryl methyl sites for hydroxylation is 1. The molecule has 0 saturated heterocycles. The highest BCUT2D eigenvalue weighted by Crippen LogP contribution is 2.27. The first-order valence-corrected chi connectivity index (χ1v) is 9.10. The van der Waals surface area contributed by atoms with Crippen molar-refractivity contribution in [1.29, 1.82) is 0 Å². The van der Waals surface area contributed by atoms with E-state index in [4.69, 9.17) is 5.73 Å². The average Bonchev–Trinajstić information content (AvgIpc) is 2.72. The number of amides is 1. The van der Waals surface area contributed by atoms with Gasteiger partial charge >= 0.3 is 0 Å². The van der Waals surface area contributed by atoms with Gasteiger partial charge in [-0.3, -0.25) is 4.79 Å². The second kappa shape index (κ2) is 8.66. The molecule has 8 heteroatoms. The number of anilines is 1. The van der Waals surface area contributed by atoms with E-state index in [9.17, 15) is 13.6 Å². The minimum atomic E-state index is -0.970. The molecule has 3 rings (SSSR count). The zero-order chi connectivity index (χ0) is 21.8. The molecule has 1 aromatic carbocycles. The number of carbonyl (C=O) groups is 1. The summed E-state index contributed by atoms with van der Waals surface area (Å²) in [5, 5.41) is 0. The lowest BCUT2D eigenvalue weighted by molar-refractivity contribution is 0.0818. The van der Waals surface area contributed by atoms with Crippen LogP contribution in [0.15, 0.2) is 36.8 Å². The van der Waals surface area contributed by atoms with Crippen molar-refractivity contribution in [1.82, 2.24) is 19.9 Å². The smallest absolute Gasteiger partial charge is 0.259 e. The van der Waals surface area contributed by atoms with Crippen LogP contribution in [0.3, 0.4) is 0 Å². The van der Waals surface area contributed by atoms with Gasteiger partial charge in [-0.1, -0.05) is 18.8 Å². The molecule has 0 aliphatic rings. The summed E-state index contributed by atoms with van der Waals surface area (Å²) in [5.41, 5.74) is 7.10. The minimum absolute atomic E-state index is 0.164. The Hall–Kier alpha value is -3.86. The van der Waals surface area contributed by atoms with Crippen molar-refractivity contribution in [2.75, 3.05) is 19.8 Å². The molecular weight excluding hydrogens is 388 g/mol. The fraction of sp³-hybridized carbons (Fsp3) is 0.182. The number of hydrogen-bond donors (Lipinski definition) is 1. The van der Waals surface area contributed by atoms with E-state index < -0.39 is 23.1 Å². The highest BCUT2D eigenvalue weighted by atomic mass is 19.1. The Morgan fingerprint density at radius 1 is 1.10 bits per heavy atom. The van der Waals surface area contributed by atoms with E-state index in [-0.39, 0.29) is 11.3 Å². The topological polar surface area (TPSA) is 85.0 Å². The Morgan fingerprint density at radius 3 is 2.37 bits per heavy atom. The second-order valence-corrected chi connectivity index (χ2v) is 6.63. The van der Waals surface area contributed by atoms with E-state index >= 15 is 0 Å². The average molecular weight is 407 g/mol. The summed E-state index contributed by atoms with van der Waals surface area (Å²) >= 11 is 0. The third-order valence-electron chi connectivity index (χ3n) is 4.31. The molecule has 152 valence electrons. The van der Waals surface area contributed by atoms with Gasteiger partial charge in [0.25, 0.3) is 5.91 Å². The SMILES string of the molecule is CCc1ncnc(-c2cc(F)c(C(=O)N(C)C)c(F)c2)c1C#Cc1ccc(N)nc1. The number of benzene rings is 1. The maximum absolute atomic E-state index is 14.6. The molecule has 0 spiro atoms. The third-order valence-corrected chi connectivity index (χ3v) is 4.31. The van der Waals surface area contributed by atoms with E-state index in [0.717, 1.165) is 17.0 Å². The lowest BCUT2D eigenvalue weighted by Crippen LogP contribution is -2.24. The van der Waals surface area contributed by atoms with Crippen LogP contribution in [0, 0.1) is 23.5 Å². The second-order valence-electron chi connectivity index (χ2n) is 6.63. The van der Waals surface area contributed by atoms with Gasteiger partial charge in [0.2, 0.25) is 0 Å². The number of pyridine rings is 1. The highest BCUT2D eigenvalue weighted by Gasteiger charge is 2.22. The number of aromatic nitrogens is 3. The zero-order valence-electron chi connectivity index (χ0n) is 16.7. The Labute approximate surface area is 172 Å². The van der Waals surface area contributed by atoms with E-state index in [2.05, 4.69) is 26.8 Å². The maximum Gasteiger partial charge on any atom is 0.259 e. The molecule has 2 aromatic heterocycles. The molecule has 0 saturated carbocycles. The summed E-state index contributed by atoms with van der Waals surface area (Å²) in [6, 6.07) is 5.50. The van der Waals surface area contributed by atoms with Crippen LogP contribution in [0.1, 0.15) is 34.1 Å². The van der Waals surface area contributed by atoms with E-state index in [0.29, 0.717) is 29.1 Å². The summed E-state index contributed by atoms with van der Waals surface area (Å²) < 4.78 is 29.2. The molecule has 0 unspecified atom stereocenters. The first-order chi connectivity index (χ1) is 14.3. The fourth-order valence-electron chi connectivity index (χ4n) is 2.79. The van der Waals surface area contributed by atoms with Crippen LogP contribution in [0.5, 0.6) is 0 Å². The van der Waals surface area contributed by atoms with Gasteiger partial charge in [-0.25, -0.2) is 23.7 Å². The summed E-state index contributed by atoms with van der Waals surface area (Å²) in [7, 11) is 2.85. The molecule has 3 aromatic rings. The predicted octanol–water partition coefficient (Wildman–Crippen LogP) is 3.06. The molecule has 6 nitrogen and oxygen atoms in total. The summed E-state index contributed by atoms with van der Waals surface area (Å²) in [6.45, 7) is 1.89. The molecule has 1 amide bonds. The highest BCUT2D eigenvalue weighted by molar-refractivity contribution is 5.95. The quantitative estimate of drug-likeness (QED) is 0.675. The summed E-state index contributed by atoms with van der Waals surface area (Å²) in [4.78, 5) is 25.6. The van der Waals surface area contributed by atoms with Crippen LogP contribution >= 0.6 is 0 Å². The molecule has 0 atom stereocenters. The van der Waals surface area contributed by atoms with Crippen molar-refractivity contribution >= 4 is 11.7 Å².